The van der Waals surface area contributed by atoms with Gasteiger partial charge in [-0.15, -0.1) is 0 Å². The van der Waals surface area contributed by atoms with Gasteiger partial charge in [0, 0.05) is 0 Å². The van der Waals surface area contributed by atoms with E-state index in [1.165, 1.54) is 24.8 Å². The van der Waals surface area contributed by atoms with Crippen molar-refractivity contribution in [1.82, 2.24) is 5.32 Å². The fourth-order valence-corrected chi connectivity index (χ4v) is 1.96. The van der Waals surface area contributed by atoms with Crippen molar-refractivity contribution in [3.63, 3.8) is 0 Å². The molecule has 5 nitrogen and oxygen atoms in total. The van der Waals surface area contributed by atoms with Gasteiger partial charge in [0.1, 0.15) is 5.54 Å². The standard InChI is InChI=1S/C12H17NO4S/c1-4-7-12(2,11(15)16)13-10(14)8-5-6-9(17-8)18-3/h5-6H,4,7H2,1-3H3,(H,13,14)(H,15,16). The van der Waals surface area contributed by atoms with Crippen LogP contribution in [0.3, 0.4) is 0 Å². The van der Waals surface area contributed by atoms with Gasteiger partial charge in [-0.2, -0.15) is 0 Å². The molecule has 0 aliphatic heterocycles. The maximum Gasteiger partial charge on any atom is 0.329 e. The smallest absolute Gasteiger partial charge is 0.329 e. The summed E-state index contributed by atoms with van der Waals surface area (Å²) in [6.07, 6.45) is 2.86. The SMILES string of the molecule is CCCC(C)(NC(=O)c1ccc(SC)o1)C(=O)O. The minimum atomic E-state index is -1.27. The van der Waals surface area contributed by atoms with Gasteiger partial charge in [0.05, 0.1) is 0 Å². The quantitative estimate of drug-likeness (QED) is 0.776. The summed E-state index contributed by atoms with van der Waals surface area (Å²) in [5.41, 5.74) is -1.27. The number of carbonyl (C=O) groups is 2. The Bertz CT molecular complexity index is 443. The minimum absolute atomic E-state index is 0.128. The van der Waals surface area contributed by atoms with Crippen LogP contribution in [0.5, 0.6) is 0 Å². The highest BCUT2D eigenvalue weighted by molar-refractivity contribution is 7.98. The summed E-state index contributed by atoms with van der Waals surface area (Å²) >= 11 is 1.38. The molecule has 0 aliphatic carbocycles. The zero-order valence-corrected chi connectivity index (χ0v) is 11.5. The zero-order valence-electron chi connectivity index (χ0n) is 10.6. The molecular formula is C12H17NO4S. The molecule has 0 spiro atoms. The fraction of sp³-hybridized carbons (Fsp3) is 0.500. The lowest BCUT2D eigenvalue weighted by atomic mass is 9.96. The molecule has 0 saturated heterocycles. The summed E-state index contributed by atoms with van der Waals surface area (Å²) < 4.78 is 5.26. The van der Waals surface area contributed by atoms with Crippen molar-refractivity contribution in [3.05, 3.63) is 17.9 Å². The Labute approximate surface area is 110 Å². The molecule has 0 aromatic carbocycles. The third kappa shape index (κ3) is 3.29. The number of hydrogen-bond donors (Lipinski definition) is 2. The van der Waals surface area contributed by atoms with Crippen LogP contribution < -0.4 is 5.32 Å². The van der Waals surface area contributed by atoms with Crippen molar-refractivity contribution in [1.29, 1.82) is 0 Å². The Kier molecular flexibility index (Phi) is 4.84. The number of rotatable bonds is 6. The summed E-state index contributed by atoms with van der Waals surface area (Å²) in [6.45, 7) is 3.36. The molecule has 0 aliphatic rings. The molecular weight excluding hydrogens is 254 g/mol. The highest BCUT2D eigenvalue weighted by atomic mass is 32.2. The van der Waals surface area contributed by atoms with E-state index in [9.17, 15) is 9.59 Å². The van der Waals surface area contributed by atoms with E-state index in [1.54, 1.807) is 6.07 Å². The molecule has 0 fully saturated rings. The van der Waals surface area contributed by atoms with E-state index in [-0.39, 0.29) is 5.76 Å². The van der Waals surface area contributed by atoms with Crippen molar-refractivity contribution in [2.75, 3.05) is 6.26 Å². The van der Waals surface area contributed by atoms with Crippen LogP contribution in [0.25, 0.3) is 0 Å². The van der Waals surface area contributed by atoms with Gasteiger partial charge >= 0.3 is 5.97 Å². The van der Waals surface area contributed by atoms with Gasteiger partial charge in [0.15, 0.2) is 10.9 Å². The molecule has 2 N–H and O–H groups in total. The number of carboxylic acid groups (broad SMARTS) is 1. The van der Waals surface area contributed by atoms with Crippen LogP contribution in [0.1, 0.15) is 37.2 Å². The zero-order chi connectivity index (χ0) is 13.8. The molecule has 0 bridgehead atoms. The molecule has 1 unspecified atom stereocenters. The molecule has 1 aromatic heterocycles. The number of furan rings is 1. The lowest BCUT2D eigenvalue weighted by molar-refractivity contribution is -0.144. The highest BCUT2D eigenvalue weighted by Crippen LogP contribution is 2.19. The first kappa shape index (κ1) is 14.6. The van der Waals surface area contributed by atoms with E-state index < -0.39 is 17.4 Å². The average molecular weight is 271 g/mol. The maximum absolute atomic E-state index is 11.9. The molecule has 1 heterocycles. The topological polar surface area (TPSA) is 79.5 Å². The Morgan fingerprint density at radius 1 is 1.50 bits per heavy atom. The minimum Gasteiger partial charge on any atom is -0.480 e. The number of carboxylic acids is 1. The van der Waals surface area contributed by atoms with Gasteiger partial charge in [0.2, 0.25) is 0 Å². The van der Waals surface area contributed by atoms with Gasteiger partial charge < -0.3 is 14.8 Å². The van der Waals surface area contributed by atoms with Crippen molar-refractivity contribution >= 4 is 23.6 Å². The largest absolute Gasteiger partial charge is 0.480 e. The molecule has 1 atom stereocenters. The van der Waals surface area contributed by atoms with Crippen molar-refractivity contribution in [2.24, 2.45) is 0 Å². The molecule has 1 aromatic rings. The number of nitrogens with one attached hydrogen (secondary N) is 1. The number of carbonyl (C=O) groups excluding carboxylic acids is 1. The van der Waals surface area contributed by atoms with E-state index in [0.29, 0.717) is 17.9 Å². The van der Waals surface area contributed by atoms with Crippen molar-refractivity contribution in [3.8, 4) is 0 Å². The Morgan fingerprint density at radius 2 is 2.17 bits per heavy atom. The first-order valence-electron chi connectivity index (χ1n) is 5.62. The van der Waals surface area contributed by atoms with Crippen LogP contribution in [-0.2, 0) is 4.79 Å². The van der Waals surface area contributed by atoms with E-state index in [4.69, 9.17) is 9.52 Å². The Balaban J connectivity index is 2.81. The number of hydrogen-bond acceptors (Lipinski definition) is 4. The van der Waals surface area contributed by atoms with E-state index in [1.807, 2.05) is 13.2 Å². The van der Waals surface area contributed by atoms with Gasteiger partial charge in [-0.3, -0.25) is 4.79 Å². The third-order valence-electron chi connectivity index (χ3n) is 2.62. The van der Waals surface area contributed by atoms with Gasteiger partial charge in [0.25, 0.3) is 5.91 Å². The first-order chi connectivity index (χ1) is 8.42. The molecule has 100 valence electrons. The summed E-state index contributed by atoms with van der Waals surface area (Å²) in [7, 11) is 0. The summed E-state index contributed by atoms with van der Waals surface area (Å²) in [5, 5.41) is 12.3. The van der Waals surface area contributed by atoms with Crippen LogP contribution >= 0.6 is 11.8 Å². The number of amides is 1. The number of aliphatic carboxylic acids is 1. The molecule has 0 saturated carbocycles. The van der Waals surface area contributed by atoms with Crippen LogP contribution in [0.4, 0.5) is 0 Å². The van der Waals surface area contributed by atoms with Crippen LogP contribution in [-0.4, -0.2) is 28.8 Å². The lowest BCUT2D eigenvalue weighted by Crippen LogP contribution is -2.52. The molecule has 1 amide bonds. The first-order valence-corrected chi connectivity index (χ1v) is 6.85. The van der Waals surface area contributed by atoms with Gasteiger partial charge in [-0.05, 0) is 31.7 Å². The van der Waals surface area contributed by atoms with Crippen molar-refractivity contribution in [2.45, 2.75) is 37.3 Å². The lowest BCUT2D eigenvalue weighted by Gasteiger charge is -2.25. The second kappa shape index (κ2) is 5.95. The summed E-state index contributed by atoms with van der Waals surface area (Å²) in [4.78, 5) is 23.1. The second-order valence-corrected chi connectivity index (χ2v) is 4.97. The molecule has 6 heteroatoms. The molecule has 0 radical (unpaired) electrons. The number of thioether (sulfide) groups is 1. The maximum atomic E-state index is 11.9. The Morgan fingerprint density at radius 3 is 2.61 bits per heavy atom. The second-order valence-electron chi connectivity index (χ2n) is 4.16. The third-order valence-corrected chi connectivity index (χ3v) is 3.24. The van der Waals surface area contributed by atoms with Crippen molar-refractivity contribution < 1.29 is 19.1 Å². The van der Waals surface area contributed by atoms with Gasteiger partial charge in [-0.1, -0.05) is 25.1 Å². The molecule has 1 rings (SSSR count). The van der Waals surface area contributed by atoms with E-state index in [0.717, 1.165) is 0 Å². The van der Waals surface area contributed by atoms with Crippen LogP contribution in [0.2, 0.25) is 0 Å². The predicted octanol–water partition coefficient (Wildman–Crippen LogP) is 2.37. The summed E-state index contributed by atoms with van der Waals surface area (Å²) in [6, 6.07) is 3.22. The summed E-state index contributed by atoms with van der Waals surface area (Å²) in [5.74, 6) is -1.43. The predicted molar refractivity (Wildman–Crippen MR) is 68.9 cm³/mol. The Hall–Kier alpha value is -1.43. The van der Waals surface area contributed by atoms with E-state index >= 15 is 0 Å². The fourth-order valence-electron chi connectivity index (χ4n) is 1.59. The average Bonchev–Trinajstić information content (AvgIpc) is 2.77. The monoisotopic (exact) mass is 271 g/mol. The highest BCUT2D eigenvalue weighted by Gasteiger charge is 2.34. The van der Waals surface area contributed by atoms with Crippen LogP contribution in [0, 0.1) is 0 Å². The van der Waals surface area contributed by atoms with E-state index in [2.05, 4.69) is 5.32 Å². The van der Waals surface area contributed by atoms with Gasteiger partial charge in [-0.25, -0.2) is 4.79 Å². The normalized spacial score (nSPS) is 13.9. The van der Waals surface area contributed by atoms with Crippen LogP contribution in [0.15, 0.2) is 21.6 Å². The molecule has 18 heavy (non-hydrogen) atoms.